The summed E-state index contributed by atoms with van der Waals surface area (Å²) in [4.78, 5) is 12.5. The van der Waals surface area contributed by atoms with Crippen molar-refractivity contribution in [2.24, 2.45) is 0 Å². The van der Waals surface area contributed by atoms with E-state index < -0.39 is 28.8 Å². The molecule has 0 radical (unpaired) electrons. The molecule has 0 aliphatic heterocycles. The first-order valence-corrected chi connectivity index (χ1v) is 9.45. The zero-order chi connectivity index (χ0) is 21.8. The minimum Gasteiger partial charge on any atom is -0.490 e. The summed E-state index contributed by atoms with van der Waals surface area (Å²) in [5.41, 5.74) is -0.380. The lowest BCUT2D eigenvalue weighted by molar-refractivity contribution is -0.141. The Bertz CT molecular complexity index is 868. The summed E-state index contributed by atoms with van der Waals surface area (Å²) in [6, 6.07) is 4.29. The first-order chi connectivity index (χ1) is 13.6. The number of halogens is 4. The Hall–Kier alpha value is -2.42. The Kier molecular flexibility index (Phi) is 7.40. The van der Waals surface area contributed by atoms with Gasteiger partial charge in [0, 0.05) is 6.54 Å². The summed E-state index contributed by atoms with van der Waals surface area (Å²) in [5.74, 6) is 0.658. The summed E-state index contributed by atoms with van der Waals surface area (Å²) in [6.07, 6.45) is -4.69. The Labute approximate surface area is 171 Å². The fourth-order valence-corrected chi connectivity index (χ4v) is 2.94. The zero-order valence-electron chi connectivity index (χ0n) is 16.6. The molecule has 1 heterocycles. The second kappa shape index (κ2) is 9.39. The summed E-state index contributed by atoms with van der Waals surface area (Å²) in [5, 5.41) is 5.67. The van der Waals surface area contributed by atoms with Crippen LogP contribution in [0, 0.1) is 6.92 Å². The molecule has 0 fully saturated rings. The van der Waals surface area contributed by atoms with Crippen LogP contribution in [-0.2, 0) is 17.5 Å². The normalized spacial score (nSPS) is 12.6. The van der Waals surface area contributed by atoms with Crippen LogP contribution in [0.1, 0.15) is 43.8 Å². The average Bonchev–Trinajstić information content (AvgIpc) is 2.96. The van der Waals surface area contributed by atoms with Gasteiger partial charge in [0.05, 0.1) is 23.9 Å². The first kappa shape index (κ1) is 22.9. The number of hydrogen-bond donors (Lipinski definition) is 1. The van der Waals surface area contributed by atoms with Crippen LogP contribution in [0.15, 0.2) is 18.2 Å². The van der Waals surface area contributed by atoms with Crippen molar-refractivity contribution in [1.82, 2.24) is 15.1 Å². The van der Waals surface area contributed by atoms with Crippen LogP contribution in [0.4, 0.5) is 13.2 Å². The fourth-order valence-electron chi connectivity index (χ4n) is 2.71. The largest absolute Gasteiger partial charge is 0.490 e. The molecule has 2 aromatic rings. The number of rotatable bonds is 8. The van der Waals surface area contributed by atoms with Crippen molar-refractivity contribution in [2.75, 3.05) is 13.2 Å². The van der Waals surface area contributed by atoms with Crippen molar-refractivity contribution in [3.63, 3.8) is 0 Å². The molecule has 1 aromatic carbocycles. The van der Waals surface area contributed by atoms with Gasteiger partial charge in [0.1, 0.15) is 6.04 Å². The van der Waals surface area contributed by atoms with E-state index in [9.17, 15) is 18.0 Å². The Morgan fingerprint density at radius 2 is 1.86 bits per heavy atom. The summed E-state index contributed by atoms with van der Waals surface area (Å²) < 4.78 is 51.0. The van der Waals surface area contributed by atoms with Gasteiger partial charge in [0.25, 0.3) is 0 Å². The number of hydrogen-bond acceptors (Lipinski definition) is 4. The van der Waals surface area contributed by atoms with Crippen molar-refractivity contribution in [3.8, 4) is 11.5 Å². The molecule has 160 valence electrons. The van der Waals surface area contributed by atoms with Crippen molar-refractivity contribution in [3.05, 3.63) is 40.2 Å². The molecule has 10 heteroatoms. The fraction of sp³-hybridized carbons (Fsp3) is 0.474. The molecule has 29 heavy (non-hydrogen) atoms. The van der Waals surface area contributed by atoms with Gasteiger partial charge in [-0.1, -0.05) is 17.7 Å². The minimum absolute atomic E-state index is 0.0707. The van der Waals surface area contributed by atoms with Crippen LogP contribution in [0.5, 0.6) is 11.5 Å². The van der Waals surface area contributed by atoms with Gasteiger partial charge < -0.3 is 14.8 Å². The number of amides is 1. The second-order valence-corrected chi connectivity index (χ2v) is 6.61. The van der Waals surface area contributed by atoms with E-state index in [0.29, 0.717) is 24.7 Å². The van der Waals surface area contributed by atoms with Crippen LogP contribution < -0.4 is 14.8 Å². The highest BCUT2D eigenvalue weighted by atomic mass is 35.5. The molecule has 0 saturated heterocycles. The lowest BCUT2D eigenvalue weighted by atomic mass is 10.2. The van der Waals surface area contributed by atoms with Crippen molar-refractivity contribution < 1.29 is 27.4 Å². The van der Waals surface area contributed by atoms with Crippen LogP contribution in [0.25, 0.3) is 0 Å². The third-order valence-corrected chi connectivity index (χ3v) is 4.62. The van der Waals surface area contributed by atoms with Gasteiger partial charge in [0.2, 0.25) is 5.91 Å². The SMILES string of the molecule is CCOc1ccc(CNC(=O)C(C)n2nc(C(F)(F)F)c(Cl)c2C)cc1OCC. The molecule has 1 amide bonds. The lowest BCUT2D eigenvalue weighted by Gasteiger charge is -2.16. The number of aromatic nitrogens is 2. The lowest BCUT2D eigenvalue weighted by Crippen LogP contribution is -2.31. The predicted molar refractivity (Wildman–Crippen MR) is 102 cm³/mol. The smallest absolute Gasteiger partial charge is 0.436 e. The highest BCUT2D eigenvalue weighted by molar-refractivity contribution is 6.32. The van der Waals surface area contributed by atoms with E-state index in [2.05, 4.69) is 10.4 Å². The number of benzene rings is 1. The minimum atomic E-state index is -4.69. The van der Waals surface area contributed by atoms with Gasteiger partial charge >= 0.3 is 6.18 Å². The molecule has 0 spiro atoms. The zero-order valence-corrected chi connectivity index (χ0v) is 17.3. The van der Waals surface area contributed by atoms with E-state index in [1.165, 1.54) is 13.8 Å². The summed E-state index contributed by atoms with van der Waals surface area (Å²) >= 11 is 5.75. The van der Waals surface area contributed by atoms with Crippen molar-refractivity contribution in [1.29, 1.82) is 0 Å². The maximum Gasteiger partial charge on any atom is 0.436 e. The van der Waals surface area contributed by atoms with Gasteiger partial charge in [-0.2, -0.15) is 18.3 Å². The highest BCUT2D eigenvalue weighted by Crippen LogP contribution is 2.36. The van der Waals surface area contributed by atoms with Gasteiger partial charge in [-0.15, -0.1) is 0 Å². The summed E-state index contributed by atoms with van der Waals surface area (Å²) in [7, 11) is 0. The molecule has 0 saturated carbocycles. The van der Waals surface area contributed by atoms with E-state index in [-0.39, 0.29) is 12.2 Å². The van der Waals surface area contributed by atoms with E-state index in [1.54, 1.807) is 18.2 Å². The van der Waals surface area contributed by atoms with E-state index in [0.717, 1.165) is 10.2 Å². The molecule has 1 aromatic heterocycles. The Morgan fingerprint density at radius 3 is 2.41 bits per heavy atom. The molecular weight excluding hydrogens is 411 g/mol. The first-order valence-electron chi connectivity index (χ1n) is 9.08. The molecule has 2 rings (SSSR count). The molecule has 0 aliphatic carbocycles. The molecular formula is C19H23ClF3N3O3. The van der Waals surface area contributed by atoms with Crippen LogP contribution in [0.3, 0.4) is 0 Å². The number of alkyl halides is 3. The quantitative estimate of drug-likeness (QED) is 0.663. The number of ether oxygens (including phenoxy) is 2. The number of carbonyl (C=O) groups excluding carboxylic acids is 1. The highest BCUT2D eigenvalue weighted by Gasteiger charge is 2.39. The average molecular weight is 434 g/mol. The van der Waals surface area contributed by atoms with E-state index >= 15 is 0 Å². The molecule has 1 atom stereocenters. The Balaban J connectivity index is 2.12. The van der Waals surface area contributed by atoms with Crippen LogP contribution in [-0.4, -0.2) is 28.9 Å². The van der Waals surface area contributed by atoms with Crippen molar-refractivity contribution in [2.45, 2.75) is 46.5 Å². The number of nitrogens with zero attached hydrogens (tertiary/aromatic N) is 2. The monoisotopic (exact) mass is 433 g/mol. The third-order valence-electron chi connectivity index (χ3n) is 4.17. The molecule has 0 bridgehead atoms. The van der Waals surface area contributed by atoms with Gasteiger partial charge in [-0.05, 0) is 45.4 Å². The number of carbonyl (C=O) groups is 1. The van der Waals surface area contributed by atoms with Crippen LogP contribution in [0.2, 0.25) is 5.02 Å². The maximum absolute atomic E-state index is 13.0. The predicted octanol–water partition coefficient (Wildman–Crippen LogP) is 4.54. The topological polar surface area (TPSA) is 65.4 Å². The third kappa shape index (κ3) is 5.35. The van der Waals surface area contributed by atoms with Crippen LogP contribution >= 0.6 is 11.6 Å². The molecule has 0 aliphatic rings. The summed E-state index contributed by atoms with van der Waals surface area (Å²) in [6.45, 7) is 7.64. The van der Waals surface area contributed by atoms with Gasteiger partial charge in [-0.25, -0.2) is 0 Å². The Morgan fingerprint density at radius 1 is 1.24 bits per heavy atom. The molecule has 6 nitrogen and oxygen atoms in total. The van der Waals surface area contributed by atoms with Gasteiger partial charge in [0.15, 0.2) is 17.2 Å². The second-order valence-electron chi connectivity index (χ2n) is 6.23. The standard InChI is InChI=1S/C19H23ClF3N3O3/c1-5-28-14-8-7-13(9-15(14)29-6-2)10-24-18(27)12(4)26-11(3)16(20)17(25-26)19(21,22)23/h7-9,12H,5-6,10H2,1-4H3,(H,24,27). The van der Waals surface area contributed by atoms with E-state index in [1.807, 2.05) is 13.8 Å². The van der Waals surface area contributed by atoms with Crippen molar-refractivity contribution >= 4 is 17.5 Å². The van der Waals surface area contributed by atoms with E-state index in [4.69, 9.17) is 21.1 Å². The molecule has 1 unspecified atom stereocenters. The van der Waals surface area contributed by atoms with Gasteiger partial charge in [-0.3, -0.25) is 9.48 Å². The number of nitrogens with one attached hydrogen (secondary N) is 1. The maximum atomic E-state index is 13.0. The molecule has 1 N–H and O–H groups in total.